The van der Waals surface area contributed by atoms with E-state index < -0.39 is 0 Å². The van der Waals surface area contributed by atoms with Gasteiger partial charge in [-0.25, -0.2) is 0 Å². The second-order valence-electron chi connectivity index (χ2n) is 10.8. The Morgan fingerprint density at radius 1 is 0.826 bits per heavy atom. The molecular formula is C23H36. The summed E-state index contributed by atoms with van der Waals surface area (Å²) in [6, 6.07) is 7.43. The molecule has 2 aliphatic rings. The van der Waals surface area contributed by atoms with Gasteiger partial charge in [-0.2, -0.15) is 0 Å². The summed E-state index contributed by atoms with van der Waals surface area (Å²) in [5, 5.41) is 0. The van der Waals surface area contributed by atoms with Crippen LogP contribution in [0.3, 0.4) is 0 Å². The van der Waals surface area contributed by atoms with Crippen molar-refractivity contribution in [1.82, 2.24) is 0 Å². The van der Waals surface area contributed by atoms with Crippen LogP contribution in [-0.2, 0) is 12.8 Å². The molecule has 2 aliphatic carbocycles. The number of benzene rings is 1. The molecule has 3 unspecified atom stereocenters. The van der Waals surface area contributed by atoms with Crippen LogP contribution >= 0.6 is 0 Å². The molecule has 0 aromatic heterocycles. The fourth-order valence-corrected chi connectivity index (χ4v) is 5.14. The largest absolute Gasteiger partial charge is 0.0602 e. The molecule has 0 nitrogen and oxygen atoms in total. The lowest BCUT2D eigenvalue weighted by Crippen LogP contribution is -2.17. The van der Waals surface area contributed by atoms with E-state index >= 15 is 0 Å². The van der Waals surface area contributed by atoms with Crippen molar-refractivity contribution in [3.8, 4) is 0 Å². The third kappa shape index (κ3) is 4.20. The molecule has 0 amide bonds. The Hall–Kier alpha value is -0.780. The van der Waals surface area contributed by atoms with E-state index in [1.165, 1.54) is 38.5 Å². The number of fused-ring (bicyclic) bond motifs is 1. The van der Waals surface area contributed by atoms with E-state index in [4.69, 9.17) is 0 Å². The number of hydrogen-bond acceptors (Lipinski definition) is 0. The van der Waals surface area contributed by atoms with Gasteiger partial charge in [0.1, 0.15) is 0 Å². The van der Waals surface area contributed by atoms with Gasteiger partial charge in [0.2, 0.25) is 0 Å². The van der Waals surface area contributed by atoms with Crippen molar-refractivity contribution in [2.24, 2.45) is 22.7 Å². The zero-order chi connectivity index (χ0) is 16.8. The summed E-state index contributed by atoms with van der Waals surface area (Å²) in [5.41, 5.74) is 5.79. The van der Waals surface area contributed by atoms with Crippen molar-refractivity contribution in [2.75, 3.05) is 0 Å². The molecule has 0 aliphatic heterocycles. The van der Waals surface area contributed by atoms with Crippen LogP contribution in [0.2, 0.25) is 0 Å². The normalized spacial score (nSPS) is 27.7. The Labute approximate surface area is 144 Å². The van der Waals surface area contributed by atoms with Crippen molar-refractivity contribution >= 4 is 0 Å². The minimum atomic E-state index is 0.444. The predicted molar refractivity (Wildman–Crippen MR) is 101 cm³/mol. The molecule has 3 rings (SSSR count). The lowest BCUT2D eigenvalue weighted by Gasteiger charge is -2.29. The molecule has 1 aromatic rings. The van der Waals surface area contributed by atoms with Gasteiger partial charge in [-0.05, 0) is 83.8 Å². The molecule has 128 valence electrons. The predicted octanol–water partition coefficient (Wildman–Crippen LogP) is 6.77. The molecule has 1 fully saturated rings. The fourth-order valence-electron chi connectivity index (χ4n) is 5.14. The van der Waals surface area contributed by atoms with Crippen LogP contribution in [-0.4, -0.2) is 0 Å². The van der Waals surface area contributed by atoms with Gasteiger partial charge in [0, 0.05) is 0 Å². The third-order valence-electron chi connectivity index (χ3n) is 5.89. The molecular weight excluding hydrogens is 276 g/mol. The van der Waals surface area contributed by atoms with Gasteiger partial charge in [0.15, 0.2) is 0 Å². The lowest BCUT2D eigenvalue weighted by molar-refractivity contribution is 0.261. The van der Waals surface area contributed by atoms with Crippen molar-refractivity contribution < 1.29 is 0 Å². The Morgan fingerprint density at radius 3 is 2.00 bits per heavy atom. The Morgan fingerprint density at radius 2 is 1.48 bits per heavy atom. The molecule has 0 N–H and O–H groups in total. The second kappa shape index (κ2) is 5.94. The molecule has 3 atom stereocenters. The fraction of sp³-hybridized carbons (Fsp3) is 0.739. The minimum absolute atomic E-state index is 0.444. The molecule has 0 spiro atoms. The first-order chi connectivity index (χ1) is 10.6. The second-order valence-corrected chi connectivity index (χ2v) is 10.8. The van der Waals surface area contributed by atoms with E-state index in [1.54, 1.807) is 16.7 Å². The summed E-state index contributed by atoms with van der Waals surface area (Å²) in [6.45, 7) is 14.5. The summed E-state index contributed by atoms with van der Waals surface area (Å²) in [7, 11) is 0. The van der Waals surface area contributed by atoms with Gasteiger partial charge in [-0.3, -0.25) is 0 Å². The van der Waals surface area contributed by atoms with Crippen LogP contribution in [0, 0.1) is 22.7 Å². The molecule has 0 radical (unpaired) electrons. The number of rotatable bonds is 3. The van der Waals surface area contributed by atoms with Gasteiger partial charge >= 0.3 is 0 Å². The monoisotopic (exact) mass is 312 g/mol. The standard InChI is InChI=1S/C23H36/c1-22(2,3)14-16-11-20(15-23(4,5)6)21(12-16)19-10-8-17-7-9-18(17)13-19/h8,10,13,16,20-21H,7,9,11-12,14-15H2,1-6H3. The summed E-state index contributed by atoms with van der Waals surface area (Å²) < 4.78 is 0. The zero-order valence-corrected chi connectivity index (χ0v) is 16.2. The van der Waals surface area contributed by atoms with Gasteiger partial charge in [0.25, 0.3) is 0 Å². The Bertz CT molecular complexity index is 552. The highest BCUT2D eigenvalue weighted by molar-refractivity contribution is 5.40. The SMILES string of the molecule is CC(C)(C)CC1CC(CC(C)(C)C)C(c2ccc3c(c2)CC3)C1. The van der Waals surface area contributed by atoms with Crippen LogP contribution in [0.15, 0.2) is 18.2 Å². The molecule has 0 heterocycles. The van der Waals surface area contributed by atoms with Gasteiger partial charge in [-0.15, -0.1) is 0 Å². The maximum atomic E-state index is 2.55. The van der Waals surface area contributed by atoms with Crippen LogP contribution in [0.5, 0.6) is 0 Å². The van der Waals surface area contributed by atoms with Crippen LogP contribution in [0.4, 0.5) is 0 Å². The smallest absolute Gasteiger partial charge is 0.0131 e. The summed E-state index contributed by atoms with van der Waals surface area (Å²) in [5.74, 6) is 2.59. The zero-order valence-electron chi connectivity index (χ0n) is 16.2. The van der Waals surface area contributed by atoms with Crippen LogP contribution in [0.25, 0.3) is 0 Å². The molecule has 1 saturated carbocycles. The average Bonchev–Trinajstić information content (AvgIpc) is 2.68. The van der Waals surface area contributed by atoms with E-state index in [1.807, 2.05) is 0 Å². The van der Waals surface area contributed by atoms with E-state index in [0.29, 0.717) is 10.8 Å². The quantitative estimate of drug-likeness (QED) is 0.578. The molecule has 0 heteroatoms. The van der Waals surface area contributed by atoms with Gasteiger partial charge in [-0.1, -0.05) is 59.7 Å². The number of hydrogen-bond donors (Lipinski definition) is 0. The summed E-state index contributed by atoms with van der Waals surface area (Å²) in [4.78, 5) is 0. The first kappa shape index (κ1) is 17.1. The van der Waals surface area contributed by atoms with Gasteiger partial charge in [0.05, 0.1) is 0 Å². The number of aryl methyl sites for hydroxylation is 2. The van der Waals surface area contributed by atoms with E-state index in [-0.39, 0.29) is 0 Å². The average molecular weight is 313 g/mol. The maximum Gasteiger partial charge on any atom is -0.0131 e. The Kier molecular flexibility index (Phi) is 4.40. The van der Waals surface area contributed by atoms with Crippen molar-refractivity contribution in [1.29, 1.82) is 0 Å². The molecule has 0 saturated heterocycles. The molecule has 23 heavy (non-hydrogen) atoms. The van der Waals surface area contributed by atoms with Gasteiger partial charge < -0.3 is 0 Å². The van der Waals surface area contributed by atoms with Crippen LogP contribution < -0.4 is 0 Å². The van der Waals surface area contributed by atoms with E-state index in [9.17, 15) is 0 Å². The highest BCUT2D eigenvalue weighted by Gasteiger charge is 2.38. The molecule has 0 bridgehead atoms. The minimum Gasteiger partial charge on any atom is -0.0602 e. The topological polar surface area (TPSA) is 0 Å². The van der Waals surface area contributed by atoms with E-state index in [2.05, 4.69) is 59.7 Å². The highest BCUT2D eigenvalue weighted by atomic mass is 14.4. The first-order valence-electron chi connectivity index (χ1n) is 9.72. The first-order valence-corrected chi connectivity index (χ1v) is 9.72. The third-order valence-corrected chi connectivity index (χ3v) is 5.89. The van der Waals surface area contributed by atoms with E-state index in [0.717, 1.165) is 17.8 Å². The van der Waals surface area contributed by atoms with Crippen molar-refractivity contribution in [2.45, 2.75) is 86.0 Å². The molecule has 1 aromatic carbocycles. The highest BCUT2D eigenvalue weighted by Crippen LogP contribution is 2.51. The van der Waals surface area contributed by atoms with Crippen molar-refractivity contribution in [3.05, 3.63) is 34.9 Å². The summed E-state index contributed by atoms with van der Waals surface area (Å²) >= 11 is 0. The summed E-state index contributed by atoms with van der Waals surface area (Å²) in [6.07, 6.45) is 8.22. The lowest BCUT2D eigenvalue weighted by atomic mass is 9.76. The maximum absolute atomic E-state index is 2.55. The van der Waals surface area contributed by atoms with Crippen molar-refractivity contribution in [3.63, 3.8) is 0 Å². The Balaban J connectivity index is 1.80. The van der Waals surface area contributed by atoms with Crippen LogP contribution in [0.1, 0.15) is 89.8 Å².